The molecule has 3 aromatic rings. The van der Waals surface area contributed by atoms with Crippen LogP contribution in [0, 0.1) is 23.7 Å². The highest BCUT2D eigenvalue weighted by Gasteiger charge is 2.70. The van der Waals surface area contributed by atoms with Crippen LogP contribution in [0.4, 0.5) is 5.69 Å². The summed E-state index contributed by atoms with van der Waals surface area (Å²) in [5, 5.41) is 11.1. The third-order valence-electron chi connectivity index (χ3n) is 10.5. The van der Waals surface area contributed by atoms with E-state index in [-0.39, 0.29) is 41.5 Å². The fourth-order valence-corrected chi connectivity index (χ4v) is 8.95. The number of nitrogens with zero attached hydrogens (tertiary/aromatic N) is 2. The molecule has 7 rings (SSSR count). The van der Waals surface area contributed by atoms with Crippen LogP contribution >= 0.6 is 11.6 Å². The molecule has 1 saturated carbocycles. The molecule has 6 atom stereocenters. The van der Waals surface area contributed by atoms with Gasteiger partial charge in [0.1, 0.15) is 0 Å². The van der Waals surface area contributed by atoms with E-state index >= 15 is 4.79 Å². The zero-order chi connectivity index (χ0) is 33.4. The molecule has 9 heteroatoms. The molecule has 2 heterocycles. The minimum absolute atomic E-state index is 0.0438. The Hall–Kier alpha value is -4.43. The molecule has 242 valence electrons. The van der Waals surface area contributed by atoms with Gasteiger partial charge in [-0.2, -0.15) is 0 Å². The van der Waals surface area contributed by atoms with E-state index in [1.54, 1.807) is 42.5 Å². The highest BCUT2D eigenvalue weighted by molar-refractivity contribution is 6.32. The van der Waals surface area contributed by atoms with Crippen molar-refractivity contribution >= 4 is 40.9 Å². The maximum Gasteiger partial charge on any atom is 0.246 e. The number of amides is 4. The number of aromatic hydroxyl groups is 1. The molecule has 0 radical (unpaired) electrons. The Balaban J connectivity index is 1.50. The molecule has 2 aliphatic heterocycles. The van der Waals surface area contributed by atoms with Crippen molar-refractivity contribution in [2.45, 2.75) is 57.4 Å². The highest BCUT2D eigenvalue weighted by atomic mass is 35.5. The second kappa shape index (κ2) is 11.1. The topological polar surface area (TPSA) is 104 Å². The van der Waals surface area contributed by atoms with Crippen molar-refractivity contribution in [3.05, 3.63) is 101 Å². The number of phenolic OH excluding ortho intramolecular Hbond substituents is 1. The van der Waals surface area contributed by atoms with Crippen LogP contribution in [-0.4, -0.2) is 45.8 Å². The summed E-state index contributed by atoms with van der Waals surface area (Å²) in [6, 6.07) is 21.1. The molecule has 0 aromatic heterocycles. The SMILES string of the molecule is CCOc1cc(C2C3=CCC4C(=O)N(C(C)(C)C)C(=O)C4C3CC3C(=O)N(c4cccc(Cl)c4)C(=O)C32c2ccccc2)ccc1O. The van der Waals surface area contributed by atoms with E-state index in [4.69, 9.17) is 16.3 Å². The van der Waals surface area contributed by atoms with Gasteiger partial charge in [-0.05, 0) is 87.9 Å². The van der Waals surface area contributed by atoms with Gasteiger partial charge in [0.05, 0.1) is 35.5 Å². The number of benzene rings is 3. The highest BCUT2D eigenvalue weighted by Crippen LogP contribution is 2.65. The number of phenols is 1. The monoisotopic (exact) mass is 652 g/mol. The normalized spacial score (nSPS) is 28.6. The minimum atomic E-state index is -1.40. The maximum absolute atomic E-state index is 15.3. The lowest BCUT2D eigenvalue weighted by Crippen LogP contribution is -2.53. The van der Waals surface area contributed by atoms with Crippen LogP contribution in [0.5, 0.6) is 11.5 Å². The van der Waals surface area contributed by atoms with Gasteiger partial charge in [0.15, 0.2) is 11.5 Å². The summed E-state index contributed by atoms with van der Waals surface area (Å²) < 4.78 is 5.81. The molecule has 3 aromatic carbocycles. The number of hydrogen-bond acceptors (Lipinski definition) is 6. The largest absolute Gasteiger partial charge is 0.504 e. The third-order valence-corrected chi connectivity index (χ3v) is 10.7. The van der Waals surface area contributed by atoms with Crippen LogP contribution in [0.25, 0.3) is 0 Å². The Labute approximate surface area is 279 Å². The Morgan fingerprint density at radius 3 is 2.34 bits per heavy atom. The third kappa shape index (κ3) is 4.48. The first-order valence-electron chi connectivity index (χ1n) is 16.1. The summed E-state index contributed by atoms with van der Waals surface area (Å²) >= 11 is 6.38. The van der Waals surface area contributed by atoms with Crippen molar-refractivity contribution in [2.75, 3.05) is 11.5 Å². The van der Waals surface area contributed by atoms with Crippen molar-refractivity contribution in [1.29, 1.82) is 0 Å². The number of carbonyl (C=O) groups excluding carboxylic acids is 4. The van der Waals surface area contributed by atoms with E-state index in [2.05, 4.69) is 0 Å². The smallest absolute Gasteiger partial charge is 0.246 e. The first-order valence-corrected chi connectivity index (χ1v) is 16.5. The molecule has 2 aliphatic carbocycles. The molecular formula is C38H37ClN2O6. The average molecular weight is 653 g/mol. The van der Waals surface area contributed by atoms with Gasteiger partial charge in [0.25, 0.3) is 0 Å². The molecular weight excluding hydrogens is 616 g/mol. The van der Waals surface area contributed by atoms with Crippen LogP contribution in [-0.2, 0) is 24.6 Å². The second-order valence-electron chi connectivity index (χ2n) is 13.9. The Bertz CT molecular complexity index is 1850. The summed E-state index contributed by atoms with van der Waals surface area (Å²) in [4.78, 5) is 60.7. The van der Waals surface area contributed by atoms with Crippen LogP contribution in [0.1, 0.15) is 57.6 Å². The average Bonchev–Trinajstić information content (AvgIpc) is 3.43. The van der Waals surface area contributed by atoms with Crippen LogP contribution in [0.15, 0.2) is 84.4 Å². The van der Waals surface area contributed by atoms with Gasteiger partial charge < -0.3 is 9.84 Å². The van der Waals surface area contributed by atoms with E-state index in [1.807, 2.05) is 64.1 Å². The predicted molar refractivity (Wildman–Crippen MR) is 177 cm³/mol. The molecule has 0 spiro atoms. The maximum atomic E-state index is 15.3. The number of imide groups is 2. The number of hydrogen-bond donors (Lipinski definition) is 1. The fourth-order valence-electron chi connectivity index (χ4n) is 8.76. The van der Waals surface area contributed by atoms with E-state index < -0.39 is 40.5 Å². The number of allylic oxidation sites excluding steroid dienone is 2. The lowest BCUT2D eigenvalue weighted by atomic mass is 9.49. The molecule has 4 amide bonds. The van der Waals surface area contributed by atoms with Crippen LogP contribution in [0.2, 0.25) is 5.02 Å². The van der Waals surface area contributed by atoms with E-state index in [9.17, 15) is 19.5 Å². The lowest BCUT2D eigenvalue weighted by molar-refractivity contribution is -0.145. The molecule has 2 saturated heterocycles. The number of carbonyl (C=O) groups is 4. The molecule has 4 aliphatic rings. The van der Waals surface area contributed by atoms with Crippen LogP contribution < -0.4 is 9.64 Å². The molecule has 1 N–H and O–H groups in total. The summed E-state index contributed by atoms with van der Waals surface area (Å²) in [5.74, 6) is -4.22. The molecule has 47 heavy (non-hydrogen) atoms. The quantitative estimate of drug-likeness (QED) is 0.253. The first kappa shape index (κ1) is 31.2. The van der Waals surface area contributed by atoms with Gasteiger partial charge in [-0.15, -0.1) is 0 Å². The Kier molecular flexibility index (Phi) is 7.35. The van der Waals surface area contributed by atoms with Gasteiger partial charge >= 0.3 is 0 Å². The van der Waals surface area contributed by atoms with E-state index in [0.29, 0.717) is 34.9 Å². The standard InChI is InChI=1S/C38H37ClN2O6/c1-5-47-30-18-21(14-17-29(30)42)32-25-15-16-26-31(35(45)41(33(26)43)37(2,3)4)27(25)20-28-34(44)40(24-13-9-12-23(39)19-24)36(46)38(28,32)22-10-7-6-8-11-22/h6-15,17-19,26-28,31-32,42H,5,16,20H2,1-4H3. The van der Waals surface area contributed by atoms with Crippen molar-refractivity contribution < 1.29 is 29.0 Å². The van der Waals surface area contributed by atoms with Gasteiger partial charge in [-0.1, -0.05) is 65.7 Å². The number of anilines is 1. The number of likely N-dealkylation sites (tertiary alicyclic amines) is 1. The summed E-state index contributed by atoms with van der Waals surface area (Å²) in [7, 11) is 0. The zero-order valence-corrected chi connectivity index (χ0v) is 27.5. The van der Waals surface area contributed by atoms with Crippen molar-refractivity contribution in [1.82, 2.24) is 4.90 Å². The molecule has 8 nitrogen and oxygen atoms in total. The summed E-state index contributed by atoms with van der Waals surface area (Å²) in [6.45, 7) is 7.69. The summed E-state index contributed by atoms with van der Waals surface area (Å²) in [6.07, 6.45) is 2.59. The Morgan fingerprint density at radius 2 is 1.66 bits per heavy atom. The van der Waals surface area contributed by atoms with Crippen molar-refractivity contribution in [2.24, 2.45) is 23.7 Å². The van der Waals surface area contributed by atoms with Gasteiger partial charge in [-0.25, -0.2) is 4.90 Å². The van der Waals surface area contributed by atoms with Crippen molar-refractivity contribution in [3.63, 3.8) is 0 Å². The number of ether oxygens (including phenoxy) is 1. The summed E-state index contributed by atoms with van der Waals surface area (Å²) in [5.41, 5.74) is 0.469. The van der Waals surface area contributed by atoms with Gasteiger partial charge in [-0.3, -0.25) is 24.1 Å². The van der Waals surface area contributed by atoms with E-state index in [1.165, 1.54) is 9.80 Å². The van der Waals surface area contributed by atoms with Crippen LogP contribution in [0.3, 0.4) is 0 Å². The number of rotatable bonds is 5. The first-order chi connectivity index (χ1) is 22.4. The molecule has 6 unspecified atom stereocenters. The number of halogens is 1. The second-order valence-corrected chi connectivity index (χ2v) is 14.4. The van der Waals surface area contributed by atoms with E-state index in [0.717, 1.165) is 5.57 Å². The Morgan fingerprint density at radius 1 is 0.915 bits per heavy atom. The van der Waals surface area contributed by atoms with Crippen molar-refractivity contribution in [3.8, 4) is 11.5 Å². The molecule has 0 bridgehead atoms. The lowest BCUT2D eigenvalue weighted by Gasteiger charge is -2.50. The predicted octanol–water partition coefficient (Wildman–Crippen LogP) is 6.41. The van der Waals surface area contributed by atoms with Gasteiger partial charge in [0, 0.05) is 16.5 Å². The molecule has 3 fully saturated rings. The fraction of sp³-hybridized carbons (Fsp3) is 0.368. The number of fused-ring (bicyclic) bond motifs is 4. The zero-order valence-electron chi connectivity index (χ0n) is 26.8. The minimum Gasteiger partial charge on any atom is -0.504 e. The van der Waals surface area contributed by atoms with Gasteiger partial charge in [0.2, 0.25) is 23.6 Å².